The maximum atomic E-state index is 13.4. The Labute approximate surface area is 226 Å². The number of hydrogen-bond donors (Lipinski definition) is 1. The molecule has 3 fully saturated rings. The molecule has 3 saturated heterocycles. The highest BCUT2D eigenvalue weighted by atomic mass is 32.1. The first-order valence-corrected chi connectivity index (χ1v) is 14.0. The largest absolute Gasteiger partial charge is 0.542 e. The standard InChI is InChI=1S/C24H29N2O3S2.C2HF3O2/c27-23(24(28,21-6-3-16-30-21)22-7-4-17-31-22)29-20-18-26(14-8-19(20)9-15-26)13-5-12-25-10-1-2-11-25;3-2(4,5)1(6)7/h1-4,6-7,10-11,16-17,19-20,28H,5,8-9,12-15,18H2;(H,6,7)/q+1;/p-1/t19?,20-,26?;/m0./s1. The molecule has 0 unspecified atom stereocenters. The second-order valence-electron chi connectivity index (χ2n) is 9.70. The van der Waals surface area contributed by atoms with E-state index in [4.69, 9.17) is 14.6 Å². The van der Waals surface area contributed by atoms with Crippen LogP contribution >= 0.6 is 22.7 Å². The summed E-state index contributed by atoms with van der Waals surface area (Å²) in [6.45, 7) is 5.35. The van der Waals surface area contributed by atoms with Gasteiger partial charge in [0.05, 0.1) is 29.4 Å². The molecule has 1 N–H and O–H groups in total. The van der Waals surface area contributed by atoms with Crippen LogP contribution in [0, 0.1) is 5.92 Å². The Morgan fingerprint density at radius 2 is 1.61 bits per heavy atom. The lowest BCUT2D eigenvalue weighted by atomic mass is 9.83. The molecule has 3 aliphatic rings. The Balaban J connectivity index is 0.000000426. The number of nitrogens with zero attached hydrogens (tertiary/aromatic N) is 2. The third-order valence-corrected chi connectivity index (χ3v) is 9.25. The second kappa shape index (κ2) is 11.6. The van der Waals surface area contributed by atoms with Crippen molar-refractivity contribution in [2.45, 2.75) is 43.7 Å². The van der Waals surface area contributed by atoms with Crippen molar-refractivity contribution >= 4 is 34.6 Å². The molecule has 206 valence electrons. The highest BCUT2D eigenvalue weighted by Crippen LogP contribution is 2.40. The van der Waals surface area contributed by atoms with E-state index in [-0.39, 0.29) is 6.10 Å². The molecular weight excluding hydrogens is 541 g/mol. The molecule has 38 heavy (non-hydrogen) atoms. The van der Waals surface area contributed by atoms with E-state index >= 15 is 0 Å². The van der Waals surface area contributed by atoms with Gasteiger partial charge < -0.3 is 28.8 Å². The van der Waals surface area contributed by atoms with Crippen LogP contribution in [0.5, 0.6) is 0 Å². The number of quaternary nitrogens is 1. The molecule has 3 aliphatic heterocycles. The zero-order chi connectivity index (χ0) is 27.4. The summed E-state index contributed by atoms with van der Waals surface area (Å²) in [7, 11) is 0. The van der Waals surface area contributed by atoms with Crippen LogP contribution in [-0.4, -0.2) is 64.6 Å². The number of aryl methyl sites for hydroxylation is 1. The monoisotopic (exact) mass is 570 g/mol. The van der Waals surface area contributed by atoms with Crippen molar-refractivity contribution in [3.05, 3.63) is 69.3 Å². The van der Waals surface area contributed by atoms with Crippen molar-refractivity contribution in [3.8, 4) is 0 Å². The second-order valence-corrected chi connectivity index (χ2v) is 11.6. The molecule has 3 aromatic heterocycles. The molecule has 0 aromatic carbocycles. The molecule has 0 spiro atoms. The summed E-state index contributed by atoms with van der Waals surface area (Å²) < 4.78 is 40.9. The summed E-state index contributed by atoms with van der Waals surface area (Å²) in [6, 6.07) is 11.5. The summed E-state index contributed by atoms with van der Waals surface area (Å²) >= 11 is 2.78. The van der Waals surface area contributed by atoms with Gasteiger partial charge in [-0.25, -0.2) is 4.79 Å². The minimum atomic E-state index is -5.19. The quantitative estimate of drug-likeness (QED) is 0.331. The first-order valence-electron chi connectivity index (χ1n) is 12.3. The average Bonchev–Trinajstić information content (AvgIpc) is 3.68. The SMILES string of the molecule is O=C(O[C@H]1C[N+]2(CCCn3cccc3)CCC1CC2)C(O)(c1cccs1)c1cccs1.O=C([O-])C(F)(F)F. The number of halogens is 3. The van der Waals surface area contributed by atoms with Gasteiger partial charge in [0.1, 0.15) is 12.5 Å². The Kier molecular flexibility index (Phi) is 8.65. The van der Waals surface area contributed by atoms with Crippen LogP contribution in [0.3, 0.4) is 0 Å². The average molecular weight is 571 g/mol. The van der Waals surface area contributed by atoms with Crippen LogP contribution in [0.4, 0.5) is 13.2 Å². The number of carboxylic acid groups (broad SMARTS) is 1. The van der Waals surface area contributed by atoms with E-state index in [1.165, 1.54) is 35.8 Å². The number of piperidine rings is 3. The maximum Gasteiger partial charge on any atom is 0.430 e. The fraction of sp³-hybridized carbons (Fsp3) is 0.462. The van der Waals surface area contributed by atoms with Crippen molar-refractivity contribution in [3.63, 3.8) is 0 Å². The first kappa shape index (κ1) is 28.3. The smallest absolute Gasteiger partial charge is 0.430 e. The minimum Gasteiger partial charge on any atom is -0.542 e. The zero-order valence-electron chi connectivity index (χ0n) is 20.5. The van der Waals surface area contributed by atoms with Crippen LogP contribution < -0.4 is 5.11 Å². The van der Waals surface area contributed by atoms with Crippen LogP contribution in [0.1, 0.15) is 29.0 Å². The van der Waals surface area contributed by atoms with Gasteiger partial charge in [-0.05, 0) is 35.0 Å². The summed E-state index contributed by atoms with van der Waals surface area (Å²) in [5, 5.41) is 24.1. The van der Waals surface area contributed by atoms with Gasteiger partial charge in [-0.3, -0.25) is 0 Å². The number of thiophene rings is 2. The number of hydrogen-bond acceptors (Lipinski definition) is 7. The first-order chi connectivity index (χ1) is 18.0. The molecule has 0 saturated carbocycles. The summed E-state index contributed by atoms with van der Waals surface area (Å²) in [5.74, 6) is -3.13. The van der Waals surface area contributed by atoms with E-state index in [9.17, 15) is 23.1 Å². The van der Waals surface area contributed by atoms with Crippen molar-refractivity contribution < 1.29 is 42.2 Å². The van der Waals surface area contributed by atoms with Gasteiger partial charge >= 0.3 is 12.1 Å². The number of aromatic nitrogens is 1. The predicted octanol–water partition coefficient (Wildman–Crippen LogP) is 3.39. The van der Waals surface area contributed by atoms with E-state index < -0.39 is 23.7 Å². The Morgan fingerprint density at radius 1 is 1.05 bits per heavy atom. The third-order valence-electron chi connectivity index (χ3n) is 7.30. The van der Waals surface area contributed by atoms with Gasteiger partial charge in [0.25, 0.3) is 0 Å². The highest BCUT2D eigenvalue weighted by Gasteiger charge is 2.51. The van der Waals surface area contributed by atoms with Crippen LogP contribution in [0.25, 0.3) is 0 Å². The molecule has 0 amide bonds. The molecule has 7 nitrogen and oxygen atoms in total. The topological polar surface area (TPSA) is 91.6 Å². The fourth-order valence-electron chi connectivity index (χ4n) is 5.29. The van der Waals surface area contributed by atoms with Crippen LogP contribution in [-0.2, 0) is 26.5 Å². The lowest BCUT2D eigenvalue weighted by Crippen LogP contribution is -2.65. The zero-order valence-corrected chi connectivity index (χ0v) is 22.1. The van der Waals surface area contributed by atoms with Crippen molar-refractivity contribution in [1.29, 1.82) is 0 Å². The number of alkyl halides is 3. The Hall–Kier alpha value is -2.67. The number of fused-ring (bicyclic) bond motifs is 3. The normalized spacial score (nSPS) is 22.9. The van der Waals surface area contributed by atoms with Gasteiger partial charge in [0.15, 0.2) is 6.10 Å². The lowest BCUT2D eigenvalue weighted by molar-refractivity contribution is -0.946. The number of carbonyl (C=O) groups is 2. The van der Waals surface area contributed by atoms with Gasteiger partial charge in [-0.15, -0.1) is 22.7 Å². The lowest BCUT2D eigenvalue weighted by Gasteiger charge is -2.52. The maximum absolute atomic E-state index is 13.4. The van der Waals surface area contributed by atoms with Gasteiger partial charge in [0.2, 0.25) is 5.60 Å². The molecule has 6 heterocycles. The van der Waals surface area contributed by atoms with Crippen molar-refractivity contribution in [2.24, 2.45) is 5.92 Å². The number of ether oxygens (including phenoxy) is 1. The van der Waals surface area contributed by atoms with Crippen molar-refractivity contribution in [1.82, 2.24) is 4.57 Å². The predicted molar refractivity (Wildman–Crippen MR) is 134 cm³/mol. The molecule has 0 aliphatic carbocycles. The molecule has 1 atom stereocenters. The molecule has 2 bridgehead atoms. The molecular formula is C26H29F3N2O5S2. The van der Waals surface area contributed by atoms with Gasteiger partial charge in [-0.1, -0.05) is 12.1 Å². The number of carboxylic acids is 1. The molecule has 12 heteroatoms. The minimum absolute atomic E-state index is 0.118. The number of aliphatic carboxylic acids is 1. The van der Waals surface area contributed by atoms with Crippen LogP contribution in [0.15, 0.2) is 59.6 Å². The fourth-order valence-corrected chi connectivity index (χ4v) is 7.01. The number of rotatable bonds is 8. The number of esters is 1. The molecule has 0 radical (unpaired) electrons. The van der Waals surface area contributed by atoms with E-state index in [0.29, 0.717) is 15.7 Å². The molecule has 6 rings (SSSR count). The summed E-state index contributed by atoms with van der Waals surface area (Å²) in [4.78, 5) is 23.4. The van der Waals surface area contributed by atoms with Gasteiger partial charge in [-0.2, -0.15) is 13.2 Å². The van der Waals surface area contributed by atoms with E-state index in [1.807, 2.05) is 35.0 Å². The number of aliphatic hydroxyl groups is 1. The van der Waals surface area contributed by atoms with Crippen LogP contribution in [0.2, 0.25) is 0 Å². The molecule has 3 aromatic rings. The van der Waals surface area contributed by atoms with Crippen molar-refractivity contribution in [2.75, 3.05) is 26.2 Å². The number of carbonyl (C=O) groups excluding carboxylic acids is 2. The summed E-state index contributed by atoms with van der Waals surface area (Å²) in [6.07, 6.45) is 2.23. The Bertz CT molecular complexity index is 1140. The van der Waals surface area contributed by atoms with E-state index in [2.05, 4.69) is 29.1 Å². The third kappa shape index (κ3) is 6.31. The summed E-state index contributed by atoms with van der Waals surface area (Å²) in [5.41, 5.74) is -1.71. The van der Waals surface area contributed by atoms with E-state index in [0.717, 1.165) is 43.4 Å². The highest BCUT2D eigenvalue weighted by molar-refractivity contribution is 7.12. The van der Waals surface area contributed by atoms with Gasteiger partial charge in [0, 0.05) is 44.1 Å². The Morgan fingerprint density at radius 3 is 2.08 bits per heavy atom. The van der Waals surface area contributed by atoms with E-state index in [1.54, 1.807) is 0 Å².